The number of hydrogen-bond donors (Lipinski definition) is 0. The van der Waals surface area contributed by atoms with Gasteiger partial charge in [-0.15, -0.1) is 0 Å². The maximum absolute atomic E-state index is 12.8. The van der Waals surface area contributed by atoms with E-state index < -0.39 is 0 Å². The largest absolute Gasteiger partial charge is 0.380 e. The molecule has 2 aliphatic rings. The quantitative estimate of drug-likeness (QED) is 0.794. The van der Waals surface area contributed by atoms with Crippen LogP contribution in [-0.2, 0) is 11.3 Å². The molecule has 1 atom stereocenters. The Morgan fingerprint density at radius 1 is 1.21 bits per heavy atom. The number of hydrogen-bond acceptors (Lipinski definition) is 5. The predicted molar refractivity (Wildman–Crippen MR) is 107 cm³/mol. The smallest absolute Gasteiger partial charge is 0.255 e. The van der Waals surface area contributed by atoms with Crippen LogP contribution in [0.3, 0.4) is 0 Å². The summed E-state index contributed by atoms with van der Waals surface area (Å²) in [6, 6.07) is 5.83. The summed E-state index contributed by atoms with van der Waals surface area (Å²) < 4.78 is 7.48. The molecule has 0 aliphatic carbocycles. The van der Waals surface area contributed by atoms with Crippen molar-refractivity contribution in [1.29, 1.82) is 0 Å². The lowest BCUT2D eigenvalue weighted by atomic mass is 9.96. The Bertz CT molecular complexity index is 754. The number of methoxy groups -OCH3 is 1. The first-order valence-corrected chi connectivity index (χ1v) is 10.2. The molecule has 7 heteroatoms. The van der Waals surface area contributed by atoms with Crippen molar-refractivity contribution in [2.45, 2.75) is 38.3 Å². The minimum Gasteiger partial charge on any atom is -0.380 e. The second-order valence-electron chi connectivity index (χ2n) is 7.81. The molecule has 0 saturated carbocycles. The van der Waals surface area contributed by atoms with Gasteiger partial charge in [0, 0.05) is 58.4 Å². The molecule has 150 valence electrons. The Hall–Kier alpha value is -2.41. The van der Waals surface area contributed by atoms with Gasteiger partial charge in [-0.3, -0.25) is 9.48 Å². The molecule has 2 saturated heterocycles. The average molecular weight is 383 g/mol. The molecule has 2 aromatic heterocycles. The van der Waals surface area contributed by atoms with Crippen molar-refractivity contribution in [2.75, 3.05) is 38.2 Å². The highest BCUT2D eigenvalue weighted by Gasteiger charge is 2.25. The number of anilines is 1. The highest BCUT2D eigenvalue weighted by atomic mass is 16.5. The standard InChI is InChI=1S/C21H29N5O2/c1-28-19-4-2-10-25(16-19)20-6-5-18(14-22-20)21(27)24-12-7-17(8-13-24)15-26-11-3-9-23-26/h3,5-6,9,11,14,17,19H,2,4,7-8,10,12-13,15-16H2,1H3/t19-/m1/s1. The molecule has 2 fully saturated rings. The third-order valence-electron chi connectivity index (χ3n) is 5.94. The fourth-order valence-corrected chi connectivity index (χ4v) is 4.21. The molecule has 0 unspecified atom stereocenters. The Morgan fingerprint density at radius 2 is 2.07 bits per heavy atom. The van der Waals surface area contributed by atoms with Crippen LogP contribution >= 0.6 is 0 Å². The number of piperidine rings is 2. The van der Waals surface area contributed by atoms with Gasteiger partial charge in [0.1, 0.15) is 5.82 Å². The molecule has 0 radical (unpaired) electrons. The number of ether oxygens (including phenoxy) is 1. The molecule has 0 spiro atoms. The number of rotatable bonds is 5. The van der Waals surface area contributed by atoms with Gasteiger partial charge in [-0.25, -0.2) is 4.98 Å². The summed E-state index contributed by atoms with van der Waals surface area (Å²) in [4.78, 5) is 21.6. The first-order chi connectivity index (χ1) is 13.7. The van der Waals surface area contributed by atoms with Crippen LogP contribution in [0, 0.1) is 5.92 Å². The summed E-state index contributed by atoms with van der Waals surface area (Å²) in [6.07, 6.45) is 10.0. The van der Waals surface area contributed by atoms with Crippen LogP contribution in [0.15, 0.2) is 36.8 Å². The van der Waals surface area contributed by atoms with E-state index in [2.05, 4.69) is 15.0 Å². The molecule has 4 rings (SSSR count). The first kappa shape index (κ1) is 18.9. The second kappa shape index (κ2) is 8.73. The zero-order chi connectivity index (χ0) is 19.3. The molecule has 4 heterocycles. The van der Waals surface area contributed by atoms with E-state index >= 15 is 0 Å². The lowest BCUT2D eigenvalue weighted by molar-refractivity contribution is 0.0680. The molecular weight excluding hydrogens is 354 g/mol. The summed E-state index contributed by atoms with van der Waals surface area (Å²) in [6.45, 7) is 4.39. The van der Waals surface area contributed by atoms with Gasteiger partial charge in [0.2, 0.25) is 0 Å². The van der Waals surface area contributed by atoms with Gasteiger partial charge in [-0.2, -0.15) is 5.10 Å². The molecule has 7 nitrogen and oxygen atoms in total. The van der Waals surface area contributed by atoms with Crippen molar-refractivity contribution in [1.82, 2.24) is 19.7 Å². The van der Waals surface area contributed by atoms with Gasteiger partial charge >= 0.3 is 0 Å². The Morgan fingerprint density at radius 3 is 2.75 bits per heavy atom. The topological polar surface area (TPSA) is 63.5 Å². The van der Waals surface area contributed by atoms with E-state index in [9.17, 15) is 4.79 Å². The summed E-state index contributed by atoms with van der Waals surface area (Å²) in [5.74, 6) is 1.60. The van der Waals surface area contributed by atoms with Crippen molar-refractivity contribution in [3.8, 4) is 0 Å². The van der Waals surface area contributed by atoms with Gasteiger partial charge in [-0.1, -0.05) is 0 Å². The van der Waals surface area contributed by atoms with E-state index in [4.69, 9.17) is 4.74 Å². The fraction of sp³-hybridized carbons (Fsp3) is 0.571. The molecule has 0 N–H and O–H groups in total. The normalized spacial score (nSPS) is 21.1. The zero-order valence-corrected chi connectivity index (χ0v) is 16.5. The van der Waals surface area contributed by atoms with E-state index in [1.54, 1.807) is 13.3 Å². The molecule has 2 aliphatic heterocycles. The molecule has 1 amide bonds. The van der Waals surface area contributed by atoms with E-state index in [-0.39, 0.29) is 12.0 Å². The minimum absolute atomic E-state index is 0.0880. The monoisotopic (exact) mass is 383 g/mol. The van der Waals surface area contributed by atoms with Crippen LogP contribution in [0.1, 0.15) is 36.0 Å². The average Bonchev–Trinajstić information content (AvgIpc) is 3.27. The summed E-state index contributed by atoms with van der Waals surface area (Å²) >= 11 is 0. The van der Waals surface area contributed by atoms with E-state index in [0.717, 1.165) is 64.2 Å². The summed E-state index contributed by atoms with van der Waals surface area (Å²) in [5.41, 5.74) is 0.676. The van der Waals surface area contributed by atoms with Gasteiger partial charge in [-0.05, 0) is 49.8 Å². The molecule has 2 aromatic rings. The molecular formula is C21H29N5O2. The molecule has 0 bridgehead atoms. The van der Waals surface area contributed by atoms with Crippen molar-refractivity contribution >= 4 is 11.7 Å². The SMILES string of the molecule is CO[C@@H]1CCCN(c2ccc(C(=O)N3CCC(Cn4cccn4)CC3)cn2)C1. The van der Waals surface area contributed by atoms with Gasteiger partial charge < -0.3 is 14.5 Å². The molecule has 0 aromatic carbocycles. The van der Waals surface area contributed by atoms with Crippen LogP contribution in [0.2, 0.25) is 0 Å². The van der Waals surface area contributed by atoms with Gasteiger partial charge in [0.05, 0.1) is 11.7 Å². The van der Waals surface area contributed by atoms with Crippen LogP contribution in [0.5, 0.6) is 0 Å². The number of aromatic nitrogens is 3. The first-order valence-electron chi connectivity index (χ1n) is 10.2. The number of carbonyl (C=O) groups excluding carboxylic acids is 1. The van der Waals surface area contributed by atoms with E-state index in [0.29, 0.717) is 11.5 Å². The lowest BCUT2D eigenvalue weighted by Gasteiger charge is -2.33. The number of nitrogens with zero attached hydrogens (tertiary/aromatic N) is 5. The maximum atomic E-state index is 12.8. The minimum atomic E-state index is 0.0880. The number of carbonyl (C=O) groups is 1. The highest BCUT2D eigenvalue weighted by molar-refractivity contribution is 5.94. The van der Waals surface area contributed by atoms with Gasteiger partial charge in [0.25, 0.3) is 5.91 Å². The van der Waals surface area contributed by atoms with Crippen LogP contribution < -0.4 is 4.90 Å². The molecule has 28 heavy (non-hydrogen) atoms. The third-order valence-corrected chi connectivity index (χ3v) is 5.94. The number of amides is 1. The predicted octanol–water partition coefficient (Wildman–Crippen LogP) is 2.45. The third kappa shape index (κ3) is 4.35. The van der Waals surface area contributed by atoms with Crippen molar-refractivity contribution in [3.63, 3.8) is 0 Å². The van der Waals surface area contributed by atoms with Crippen molar-refractivity contribution < 1.29 is 9.53 Å². The zero-order valence-electron chi connectivity index (χ0n) is 16.5. The number of likely N-dealkylation sites (tertiary alicyclic amines) is 1. The van der Waals surface area contributed by atoms with E-state index in [1.807, 2.05) is 40.2 Å². The van der Waals surface area contributed by atoms with Crippen LogP contribution in [-0.4, -0.2) is 65.0 Å². The lowest BCUT2D eigenvalue weighted by Crippen LogP contribution is -2.40. The van der Waals surface area contributed by atoms with Gasteiger partial charge in [0.15, 0.2) is 0 Å². The fourth-order valence-electron chi connectivity index (χ4n) is 4.21. The van der Waals surface area contributed by atoms with Crippen LogP contribution in [0.4, 0.5) is 5.82 Å². The summed E-state index contributed by atoms with van der Waals surface area (Å²) in [7, 11) is 1.77. The maximum Gasteiger partial charge on any atom is 0.255 e. The second-order valence-corrected chi connectivity index (χ2v) is 7.81. The Balaban J connectivity index is 1.31. The number of pyridine rings is 1. The van der Waals surface area contributed by atoms with Crippen molar-refractivity contribution in [3.05, 3.63) is 42.4 Å². The Labute approximate surface area is 166 Å². The Kier molecular flexibility index (Phi) is 5.90. The highest BCUT2D eigenvalue weighted by Crippen LogP contribution is 2.22. The summed E-state index contributed by atoms with van der Waals surface area (Å²) in [5, 5.41) is 4.28. The van der Waals surface area contributed by atoms with Crippen LogP contribution in [0.25, 0.3) is 0 Å². The van der Waals surface area contributed by atoms with E-state index in [1.165, 1.54) is 0 Å². The van der Waals surface area contributed by atoms with Crippen molar-refractivity contribution in [2.24, 2.45) is 5.92 Å².